The Kier molecular flexibility index (Phi) is 6.01. The summed E-state index contributed by atoms with van der Waals surface area (Å²) in [5.41, 5.74) is 4.11. The lowest BCUT2D eigenvalue weighted by molar-refractivity contribution is -0.163. The normalized spacial score (nSPS) is 12.6. The van der Waals surface area contributed by atoms with Gasteiger partial charge in [0, 0.05) is 19.0 Å². The number of nitrogens with one attached hydrogen (secondary N) is 2. The predicted molar refractivity (Wildman–Crippen MR) is 117 cm³/mol. The molecule has 0 fully saturated rings. The maximum atomic E-state index is 13.2. The Balaban J connectivity index is 1.38. The van der Waals surface area contributed by atoms with Crippen LogP contribution in [0.2, 0.25) is 0 Å². The quantitative estimate of drug-likeness (QED) is 0.487. The number of carbonyl (C=O) groups excluding carboxylic acids is 2. The van der Waals surface area contributed by atoms with E-state index in [1.807, 2.05) is 53.8 Å². The summed E-state index contributed by atoms with van der Waals surface area (Å²) in [5, 5.41) is 16.6. The highest BCUT2D eigenvalue weighted by Gasteiger charge is 2.39. The Morgan fingerprint density at radius 3 is 2.26 bits per heavy atom. The van der Waals surface area contributed by atoms with Crippen LogP contribution in [0.5, 0.6) is 0 Å². The number of carbonyl (C=O) groups is 3. The van der Waals surface area contributed by atoms with Crippen molar-refractivity contribution in [3.8, 4) is 11.1 Å². The second-order valence-corrected chi connectivity index (χ2v) is 7.68. The molecule has 0 aliphatic heterocycles. The van der Waals surface area contributed by atoms with Gasteiger partial charge in [-0.05, 0) is 22.3 Å². The third-order valence-corrected chi connectivity index (χ3v) is 5.47. The van der Waals surface area contributed by atoms with Crippen LogP contribution in [-0.2, 0) is 16.6 Å². The molecule has 4 rings (SSSR count). The van der Waals surface area contributed by atoms with Gasteiger partial charge in [0.25, 0.3) is 5.91 Å². The van der Waals surface area contributed by atoms with Crippen molar-refractivity contribution in [1.29, 1.82) is 0 Å². The first-order chi connectivity index (χ1) is 16.2. The van der Waals surface area contributed by atoms with Crippen molar-refractivity contribution >= 4 is 23.8 Å². The van der Waals surface area contributed by atoms with Gasteiger partial charge >= 0.3 is 18.0 Å². The van der Waals surface area contributed by atoms with Crippen molar-refractivity contribution in [2.75, 3.05) is 18.5 Å². The third kappa shape index (κ3) is 4.45. The molecule has 0 unspecified atom stereocenters. The Morgan fingerprint density at radius 1 is 1.09 bits per heavy atom. The number of halogens is 2. The van der Waals surface area contributed by atoms with E-state index in [1.54, 1.807) is 0 Å². The molecule has 0 radical (unpaired) electrons. The molecule has 0 spiro atoms. The number of rotatable bonds is 7. The van der Waals surface area contributed by atoms with Crippen LogP contribution in [0.3, 0.4) is 0 Å². The summed E-state index contributed by atoms with van der Waals surface area (Å²) in [6, 6.07) is 16.9. The second kappa shape index (κ2) is 8.93. The van der Waals surface area contributed by atoms with Gasteiger partial charge in [-0.3, -0.25) is 14.8 Å². The van der Waals surface area contributed by atoms with E-state index in [2.05, 4.69) is 10.4 Å². The largest absolute Gasteiger partial charge is 0.477 e. The zero-order chi connectivity index (χ0) is 24.5. The summed E-state index contributed by atoms with van der Waals surface area (Å²) in [6.07, 6.45) is -0.802. The SMILES string of the molecule is Cn1nc(NC(=O)OCC2c3ccccc3-c3ccccc32)cc1C(=O)NCC(F)(F)C(=O)O. The number of aromatic nitrogens is 2. The average molecular weight is 470 g/mol. The number of ether oxygens (including phenoxy) is 1. The molecule has 2 amide bonds. The molecule has 2 aromatic carbocycles. The summed E-state index contributed by atoms with van der Waals surface area (Å²) in [4.78, 5) is 35.0. The highest BCUT2D eigenvalue weighted by atomic mass is 19.3. The molecule has 0 saturated carbocycles. The van der Waals surface area contributed by atoms with E-state index >= 15 is 0 Å². The van der Waals surface area contributed by atoms with Gasteiger partial charge in [0.1, 0.15) is 12.3 Å². The van der Waals surface area contributed by atoms with Crippen LogP contribution in [0, 0.1) is 0 Å². The van der Waals surface area contributed by atoms with Gasteiger partial charge in [-0.2, -0.15) is 13.9 Å². The Bertz CT molecular complexity index is 1230. The molecule has 1 heterocycles. The topological polar surface area (TPSA) is 123 Å². The first-order valence-corrected chi connectivity index (χ1v) is 10.2. The van der Waals surface area contributed by atoms with Crippen molar-refractivity contribution in [2.45, 2.75) is 11.8 Å². The van der Waals surface area contributed by atoms with Crippen molar-refractivity contribution in [3.05, 3.63) is 71.4 Å². The fourth-order valence-electron chi connectivity index (χ4n) is 3.84. The van der Waals surface area contributed by atoms with Crippen LogP contribution >= 0.6 is 0 Å². The number of carboxylic acids is 1. The highest BCUT2D eigenvalue weighted by Crippen LogP contribution is 2.44. The van der Waals surface area contributed by atoms with E-state index in [-0.39, 0.29) is 24.0 Å². The van der Waals surface area contributed by atoms with Crippen LogP contribution in [0.15, 0.2) is 54.6 Å². The van der Waals surface area contributed by atoms with E-state index in [9.17, 15) is 23.2 Å². The van der Waals surface area contributed by atoms with Crippen LogP contribution in [0.25, 0.3) is 11.1 Å². The third-order valence-electron chi connectivity index (χ3n) is 5.47. The second-order valence-electron chi connectivity index (χ2n) is 7.68. The lowest BCUT2D eigenvalue weighted by atomic mass is 9.98. The van der Waals surface area contributed by atoms with Crippen LogP contribution in [0.1, 0.15) is 27.5 Å². The standard InChI is InChI=1S/C23H20F2N4O5/c1-29-18(20(30)26-12-23(24,25)21(31)32)10-19(28-29)27-22(33)34-11-17-15-8-4-2-6-13(15)14-7-3-5-9-16(14)17/h2-10,17H,11-12H2,1H3,(H,26,30)(H,31,32)(H,27,28,33). The number of amides is 2. The van der Waals surface area contributed by atoms with E-state index in [0.717, 1.165) is 33.0 Å². The van der Waals surface area contributed by atoms with Crippen molar-refractivity contribution < 1.29 is 33.0 Å². The van der Waals surface area contributed by atoms with Crippen molar-refractivity contribution in [2.24, 2.45) is 7.05 Å². The molecule has 176 valence electrons. The van der Waals surface area contributed by atoms with Crippen molar-refractivity contribution in [1.82, 2.24) is 15.1 Å². The number of alkyl halides is 2. The number of benzene rings is 2. The number of fused-ring (bicyclic) bond motifs is 3. The lowest BCUT2D eigenvalue weighted by Gasteiger charge is -2.14. The number of hydrogen-bond acceptors (Lipinski definition) is 5. The maximum Gasteiger partial charge on any atom is 0.412 e. The summed E-state index contributed by atoms with van der Waals surface area (Å²) in [6.45, 7) is -1.31. The van der Waals surface area contributed by atoms with Gasteiger partial charge in [-0.15, -0.1) is 0 Å². The minimum absolute atomic E-state index is 0.0325. The number of aryl methyl sites for hydroxylation is 1. The zero-order valence-corrected chi connectivity index (χ0v) is 17.9. The minimum Gasteiger partial charge on any atom is -0.477 e. The molecule has 0 atom stereocenters. The molecule has 3 aromatic rings. The molecule has 9 nitrogen and oxygen atoms in total. The Morgan fingerprint density at radius 2 is 1.68 bits per heavy atom. The fraction of sp³-hybridized carbons (Fsp3) is 0.217. The van der Waals surface area contributed by atoms with Crippen molar-refractivity contribution in [3.63, 3.8) is 0 Å². The molecular formula is C23H20F2N4O5. The number of nitrogens with zero attached hydrogens (tertiary/aromatic N) is 2. The average Bonchev–Trinajstić information content (AvgIpc) is 3.33. The summed E-state index contributed by atoms with van der Waals surface area (Å²) in [7, 11) is 1.37. The predicted octanol–water partition coefficient (Wildman–Crippen LogP) is 3.23. The first kappa shape index (κ1) is 22.9. The summed E-state index contributed by atoms with van der Waals surface area (Å²) in [5.74, 6) is -7.61. The zero-order valence-electron chi connectivity index (χ0n) is 17.9. The summed E-state index contributed by atoms with van der Waals surface area (Å²) >= 11 is 0. The molecule has 0 saturated heterocycles. The molecule has 1 aliphatic carbocycles. The van der Waals surface area contributed by atoms with Crippen LogP contribution in [-0.4, -0.2) is 51.9 Å². The Labute approximate surface area is 192 Å². The Hall–Kier alpha value is -4.28. The van der Waals surface area contributed by atoms with E-state index in [1.165, 1.54) is 7.05 Å². The number of anilines is 1. The first-order valence-electron chi connectivity index (χ1n) is 10.2. The van der Waals surface area contributed by atoms with E-state index in [4.69, 9.17) is 9.84 Å². The molecule has 11 heteroatoms. The smallest absolute Gasteiger partial charge is 0.412 e. The van der Waals surface area contributed by atoms with Gasteiger partial charge in [0.2, 0.25) is 0 Å². The van der Waals surface area contributed by atoms with Gasteiger partial charge in [-0.1, -0.05) is 48.5 Å². The maximum absolute atomic E-state index is 13.2. The molecule has 0 bridgehead atoms. The lowest BCUT2D eigenvalue weighted by Crippen LogP contribution is -2.42. The molecule has 3 N–H and O–H groups in total. The molecule has 1 aromatic heterocycles. The van der Waals surface area contributed by atoms with Crippen LogP contribution < -0.4 is 10.6 Å². The number of aliphatic carboxylic acids is 1. The minimum atomic E-state index is -4.11. The van der Waals surface area contributed by atoms with Gasteiger partial charge in [0.15, 0.2) is 5.82 Å². The summed E-state index contributed by atoms with van der Waals surface area (Å²) < 4.78 is 32.8. The van der Waals surface area contributed by atoms with Gasteiger partial charge in [-0.25, -0.2) is 9.59 Å². The van der Waals surface area contributed by atoms with Crippen LogP contribution in [0.4, 0.5) is 19.4 Å². The monoisotopic (exact) mass is 470 g/mol. The molecule has 34 heavy (non-hydrogen) atoms. The number of carboxylic acid groups (broad SMARTS) is 1. The highest BCUT2D eigenvalue weighted by molar-refractivity contribution is 5.95. The molecular weight excluding hydrogens is 450 g/mol. The number of hydrogen-bond donors (Lipinski definition) is 3. The van der Waals surface area contributed by atoms with Gasteiger partial charge < -0.3 is 15.2 Å². The molecule has 1 aliphatic rings. The van der Waals surface area contributed by atoms with Gasteiger partial charge in [0.05, 0.1) is 6.54 Å². The van der Waals surface area contributed by atoms with E-state index < -0.39 is 30.4 Å². The van der Waals surface area contributed by atoms with E-state index in [0.29, 0.717) is 0 Å². The fourth-order valence-corrected chi connectivity index (χ4v) is 3.84.